The Hall–Kier alpha value is -1.99. The molecule has 0 aliphatic carbocycles. The zero-order chi connectivity index (χ0) is 11.4. The highest BCUT2D eigenvalue weighted by atomic mass is 35.5. The summed E-state index contributed by atoms with van der Waals surface area (Å²) in [4.78, 5) is 10.7. The zero-order valence-corrected chi connectivity index (χ0v) is 8.32. The van der Waals surface area contributed by atoms with Gasteiger partial charge in [-0.15, -0.1) is 0 Å². The molecule has 0 fully saturated rings. The summed E-state index contributed by atoms with van der Waals surface area (Å²) < 4.78 is 0. The van der Waals surface area contributed by atoms with Gasteiger partial charge in [-0.1, -0.05) is 17.7 Å². The number of carbonyl (C=O) groups is 1. The van der Waals surface area contributed by atoms with Crippen LogP contribution in [0.15, 0.2) is 23.8 Å². The smallest absolute Gasteiger partial charge is 0.259 e. The van der Waals surface area contributed by atoms with E-state index in [9.17, 15) is 4.79 Å². The normalized spacial score (nSPS) is 10.8. The van der Waals surface area contributed by atoms with Crippen LogP contribution in [0, 0.1) is 11.3 Å². The van der Waals surface area contributed by atoms with Gasteiger partial charge in [0.05, 0.1) is 5.02 Å². The summed E-state index contributed by atoms with van der Waals surface area (Å²) in [5.74, 6) is -0.868. The number of nitriles is 1. The van der Waals surface area contributed by atoms with E-state index in [1.54, 1.807) is 6.07 Å². The molecule has 0 unspecified atom stereocenters. The second-order valence-electron chi connectivity index (χ2n) is 2.74. The molecule has 0 aromatic heterocycles. The van der Waals surface area contributed by atoms with Crippen LogP contribution in [0.1, 0.15) is 5.56 Å². The molecule has 0 heterocycles. The molecule has 1 aromatic rings. The Kier molecular flexibility index (Phi) is 3.32. The molecule has 1 aromatic carbocycles. The average molecular weight is 223 g/mol. The third kappa shape index (κ3) is 2.73. The molecule has 0 saturated heterocycles. The van der Waals surface area contributed by atoms with E-state index in [2.05, 4.69) is 0 Å². The molecule has 76 valence electrons. The fraction of sp³-hybridized carbons (Fsp3) is 0. The van der Waals surface area contributed by atoms with Crippen LogP contribution in [0.4, 0.5) is 0 Å². The molecule has 0 spiro atoms. The molecular formula is C10H7ClN2O2. The first-order valence-electron chi connectivity index (χ1n) is 3.94. The van der Waals surface area contributed by atoms with Crippen LogP contribution in [0.3, 0.4) is 0 Å². The highest BCUT2D eigenvalue weighted by molar-refractivity contribution is 6.32. The summed E-state index contributed by atoms with van der Waals surface area (Å²) in [6.45, 7) is 0. The molecule has 5 heteroatoms. The fourth-order valence-electron chi connectivity index (χ4n) is 0.938. The Morgan fingerprint density at radius 2 is 2.27 bits per heavy atom. The number of phenols is 1. The Bertz CT molecular complexity index is 475. The number of aromatic hydroxyl groups is 1. The van der Waals surface area contributed by atoms with Gasteiger partial charge in [0.2, 0.25) is 0 Å². The first-order chi connectivity index (χ1) is 7.04. The van der Waals surface area contributed by atoms with E-state index in [1.165, 1.54) is 24.3 Å². The van der Waals surface area contributed by atoms with Crippen molar-refractivity contribution in [3.63, 3.8) is 0 Å². The quantitative estimate of drug-likeness (QED) is 0.586. The minimum absolute atomic E-state index is 0.0635. The number of hydrogen-bond donors (Lipinski definition) is 2. The maximum absolute atomic E-state index is 10.7. The highest BCUT2D eigenvalue weighted by Crippen LogP contribution is 2.24. The van der Waals surface area contributed by atoms with Crippen molar-refractivity contribution in [1.29, 1.82) is 5.26 Å². The average Bonchev–Trinajstić information content (AvgIpc) is 2.19. The van der Waals surface area contributed by atoms with Crippen molar-refractivity contribution in [2.24, 2.45) is 5.73 Å². The molecule has 15 heavy (non-hydrogen) atoms. The van der Waals surface area contributed by atoms with Gasteiger partial charge in [-0.05, 0) is 23.8 Å². The summed E-state index contributed by atoms with van der Waals surface area (Å²) >= 11 is 5.64. The standard InChI is InChI=1S/C10H7ClN2O2/c11-8-4-6(1-2-9(8)14)3-7(5-12)10(13)15/h1-4,14H,(H2,13,15)/b7-3-. The Morgan fingerprint density at radius 1 is 1.60 bits per heavy atom. The van der Waals surface area contributed by atoms with Crippen molar-refractivity contribution in [2.75, 3.05) is 0 Å². The van der Waals surface area contributed by atoms with Gasteiger partial charge in [-0.25, -0.2) is 0 Å². The highest BCUT2D eigenvalue weighted by Gasteiger charge is 2.04. The third-order valence-electron chi connectivity index (χ3n) is 1.67. The van der Waals surface area contributed by atoms with Gasteiger partial charge in [0.25, 0.3) is 5.91 Å². The van der Waals surface area contributed by atoms with Gasteiger partial charge >= 0.3 is 0 Å². The van der Waals surface area contributed by atoms with Crippen LogP contribution in [0.5, 0.6) is 5.75 Å². The van der Waals surface area contributed by atoms with Gasteiger partial charge < -0.3 is 10.8 Å². The summed E-state index contributed by atoms with van der Waals surface area (Å²) in [6, 6.07) is 5.97. The van der Waals surface area contributed by atoms with Gasteiger partial charge in [0.1, 0.15) is 17.4 Å². The number of amides is 1. The number of carbonyl (C=O) groups excluding carboxylic acids is 1. The van der Waals surface area contributed by atoms with E-state index in [4.69, 9.17) is 27.7 Å². The number of halogens is 1. The second kappa shape index (κ2) is 4.49. The number of hydrogen-bond acceptors (Lipinski definition) is 3. The molecule has 0 aliphatic rings. The summed E-state index contributed by atoms with van der Waals surface area (Å²) in [5, 5.41) is 17.9. The van der Waals surface area contributed by atoms with E-state index in [0.717, 1.165) is 0 Å². The Morgan fingerprint density at radius 3 is 2.73 bits per heavy atom. The predicted molar refractivity (Wildman–Crippen MR) is 55.9 cm³/mol. The summed E-state index contributed by atoms with van der Waals surface area (Å²) in [6.07, 6.45) is 1.30. The fourth-order valence-corrected chi connectivity index (χ4v) is 1.13. The first kappa shape index (κ1) is 11.1. The van der Waals surface area contributed by atoms with Crippen LogP contribution < -0.4 is 5.73 Å². The lowest BCUT2D eigenvalue weighted by Gasteiger charge is -1.98. The molecule has 0 bridgehead atoms. The maximum Gasteiger partial charge on any atom is 0.259 e. The molecule has 0 atom stereocenters. The van der Waals surface area contributed by atoms with Gasteiger partial charge in [-0.2, -0.15) is 5.26 Å². The van der Waals surface area contributed by atoms with Crippen LogP contribution in [0.2, 0.25) is 5.02 Å². The SMILES string of the molecule is N#C/C(=C/c1ccc(O)c(Cl)c1)C(N)=O. The monoisotopic (exact) mass is 222 g/mol. The van der Waals surface area contributed by atoms with E-state index in [1.807, 2.05) is 0 Å². The predicted octanol–water partition coefficient (Wildman–Crippen LogP) is 1.44. The number of nitrogens with two attached hydrogens (primary N) is 1. The maximum atomic E-state index is 10.7. The molecule has 1 amide bonds. The summed E-state index contributed by atoms with van der Waals surface area (Å²) in [5.41, 5.74) is 5.30. The number of benzene rings is 1. The minimum Gasteiger partial charge on any atom is -0.506 e. The van der Waals surface area contributed by atoms with Crippen molar-refractivity contribution in [2.45, 2.75) is 0 Å². The van der Waals surface area contributed by atoms with Gasteiger partial charge in [0.15, 0.2) is 0 Å². The lowest BCUT2D eigenvalue weighted by molar-refractivity contribution is -0.114. The third-order valence-corrected chi connectivity index (χ3v) is 1.97. The lowest BCUT2D eigenvalue weighted by Crippen LogP contribution is -2.12. The molecule has 1 rings (SSSR count). The van der Waals surface area contributed by atoms with Crippen LogP contribution in [-0.2, 0) is 4.79 Å². The number of rotatable bonds is 2. The molecule has 0 radical (unpaired) electrons. The van der Waals surface area contributed by atoms with E-state index >= 15 is 0 Å². The minimum atomic E-state index is -0.804. The molecular weight excluding hydrogens is 216 g/mol. The largest absolute Gasteiger partial charge is 0.506 e. The van der Waals surface area contributed by atoms with Crippen molar-refractivity contribution >= 4 is 23.6 Å². The number of nitrogens with zero attached hydrogens (tertiary/aromatic N) is 1. The van der Waals surface area contributed by atoms with Crippen molar-refractivity contribution in [3.8, 4) is 11.8 Å². The molecule has 0 aliphatic heterocycles. The summed E-state index contributed by atoms with van der Waals surface area (Å²) in [7, 11) is 0. The lowest BCUT2D eigenvalue weighted by atomic mass is 10.1. The van der Waals surface area contributed by atoms with Gasteiger partial charge in [0, 0.05) is 0 Å². The van der Waals surface area contributed by atoms with Gasteiger partial charge in [-0.3, -0.25) is 4.79 Å². The van der Waals surface area contributed by atoms with Crippen LogP contribution in [0.25, 0.3) is 6.08 Å². The van der Waals surface area contributed by atoms with Crippen molar-refractivity contribution in [1.82, 2.24) is 0 Å². The number of primary amides is 1. The first-order valence-corrected chi connectivity index (χ1v) is 4.32. The van der Waals surface area contributed by atoms with Crippen LogP contribution in [-0.4, -0.2) is 11.0 Å². The number of phenolic OH excluding ortho intramolecular Hbond substituents is 1. The zero-order valence-electron chi connectivity index (χ0n) is 7.57. The Labute approximate surface area is 91.2 Å². The molecule has 3 N–H and O–H groups in total. The van der Waals surface area contributed by atoms with E-state index < -0.39 is 5.91 Å². The molecule has 0 saturated carbocycles. The van der Waals surface area contributed by atoms with E-state index in [-0.39, 0.29) is 16.3 Å². The van der Waals surface area contributed by atoms with Crippen molar-refractivity contribution < 1.29 is 9.90 Å². The second-order valence-corrected chi connectivity index (χ2v) is 3.15. The van der Waals surface area contributed by atoms with Crippen LogP contribution >= 0.6 is 11.6 Å². The van der Waals surface area contributed by atoms with E-state index in [0.29, 0.717) is 5.56 Å². The molecule has 4 nitrogen and oxygen atoms in total. The Balaban J connectivity index is 3.14. The topological polar surface area (TPSA) is 87.1 Å². The van der Waals surface area contributed by atoms with Crippen molar-refractivity contribution in [3.05, 3.63) is 34.4 Å².